The van der Waals surface area contributed by atoms with Gasteiger partial charge in [0.2, 0.25) is 0 Å². The zero-order chi connectivity index (χ0) is 24.3. The van der Waals surface area contributed by atoms with E-state index in [4.69, 9.17) is 18.9 Å². The summed E-state index contributed by atoms with van der Waals surface area (Å²) in [6, 6.07) is 0. The van der Waals surface area contributed by atoms with Gasteiger partial charge in [-0.3, -0.25) is 9.88 Å². The van der Waals surface area contributed by atoms with Gasteiger partial charge in [0, 0.05) is 0 Å². The number of aromatic nitrogens is 2. The largest absolute Gasteiger partial charge is 0.449 e. The van der Waals surface area contributed by atoms with Crippen LogP contribution < -0.4 is 11.0 Å². The Morgan fingerprint density at radius 1 is 1.18 bits per heavy atom. The molecule has 4 N–H and O–H groups in total. The molecule has 0 radical (unpaired) electrons. The van der Waals surface area contributed by atoms with Crippen LogP contribution in [0.4, 0.5) is 15.0 Å². The number of carbonyl (C=O) groups excluding carboxylic acids is 1. The minimum Gasteiger partial charge on any atom is -0.449 e. The average molecular weight is 475 g/mol. The SMILES string of the molecule is CCCCCOC(=O)Nc1nc(=O)n([C@@H]2O[C@H](C)[C@H](O[C@H]3O[C@H](C)[C@H](O)[C@@H]3O)[C@@H]2O)cc1F. The third-order valence-corrected chi connectivity index (χ3v) is 5.58. The number of nitrogens with one attached hydrogen (secondary N) is 1. The zero-order valence-electron chi connectivity index (χ0n) is 18.6. The number of hydrogen-bond acceptors (Lipinski definition) is 10. The van der Waals surface area contributed by atoms with E-state index in [2.05, 4.69) is 10.3 Å². The van der Waals surface area contributed by atoms with Crippen LogP contribution in [-0.4, -0.2) is 80.5 Å². The maximum atomic E-state index is 14.5. The number of nitrogens with zero attached hydrogens (tertiary/aromatic N) is 2. The summed E-state index contributed by atoms with van der Waals surface area (Å²) in [5.74, 6) is -1.66. The second kappa shape index (κ2) is 10.8. The summed E-state index contributed by atoms with van der Waals surface area (Å²) in [4.78, 5) is 27.8. The van der Waals surface area contributed by atoms with Crippen molar-refractivity contribution < 1.29 is 43.5 Å². The van der Waals surface area contributed by atoms with Crippen LogP contribution in [-0.2, 0) is 18.9 Å². The van der Waals surface area contributed by atoms with Crippen molar-refractivity contribution in [1.82, 2.24) is 9.55 Å². The van der Waals surface area contributed by atoms with E-state index in [1.165, 1.54) is 0 Å². The third kappa shape index (κ3) is 5.67. The molecule has 12 nitrogen and oxygen atoms in total. The van der Waals surface area contributed by atoms with Crippen LogP contribution in [0.2, 0.25) is 0 Å². The van der Waals surface area contributed by atoms with Crippen molar-refractivity contribution in [3.05, 3.63) is 22.5 Å². The fraction of sp³-hybridized carbons (Fsp3) is 0.750. The van der Waals surface area contributed by atoms with Gasteiger partial charge in [-0.05, 0) is 20.3 Å². The molecule has 8 atom stereocenters. The molecular weight excluding hydrogens is 445 g/mol. The fourth-order valence-corrected chi connectivity index (χ4v) is 3.68. The number of unbranched alkanes of at least 4 members (excludes halogenated alkanes) is 2. The lowest BCUT2D eigenvalue weighted by atomic mass is 10.1. The normalized spacial score (nSPS) is 33.9. The van der Waals surface area contributed by atoms with E-state index in [-0.39, 0.29) is 6.61 Å². The molecule has 3 heterocycles. The zero-order valence-corrected chi connectivity index (χ0v) is 18.6. The number of aliphatic hydroxyl groups is 3. The highest BCUT2D eigenvalue weighted by atomic mass is 19.1. The van der Waals surface area contributed by atoms with Gasteiger partial charge < -0.3 is 34.3 Å². The summed E-state index contributed by atoms with van der Waals surface area (Å²) in [6.45, 7) is 5.24. The van der Waals surface area contributed by atoms with Crippen LogP contribution in [0, 0.1) is 5.82 Å². The van der Waals surface area contributed by atoms with Gasteiger partial charge in [-0.25, -0.2) is 14.0 Å². The molecule has 2 saturated heterocycles. The Hall–Kier alpha value is -2.16. The van der Waals surface area contributed by atoms with E-state index in [0.29, 0.717) is 6.42 Å². The number of rotatable bonds is 8. The number of aliphatic hydroxyl groups excluding tert-OH is 3. The van der Waals surface area contributed by atoms with Crippen LogP contribution in [0.5, 0.6) is 0 Å². The Bertz CT molecular complexity index is 885. The molecule has 33 heavy (non-hydrogen) atoms. The monoisotopic (exact) mass is 475 g/mol. The van der Waals surface area contributed by atoms with Gasteiger partial charge in [0.15, 0.2) is 24.2 Å². The Balaban J connectivity index is 1.67. The molecule has 0 aliphatic carbocycles. The van der Waals surface area contributed by atoms with Gasteiger partial charge in [-0.15, -0.1) is 0 Å². The fourth-order valence-electron chi connectivity index (χ4n) is 3.68. The number of amides is 1. The predicted octanol–water partition coefficient (Wildman–Crippen LogP) is 0.251. The summed E-state index contributed by atoms with van der Waals surface area (Å²) in [7, 11) is 0. The Kier molecular flexibility index (Phi) is 8.37. The number of carbonyl (C=O) groups is 1. The van der Waals surface area contributed by atoms with Gasteiger partial charge in [0.05, 0.1) is 25.0 Å². The minimum atomic E-state index is -1.45. The third-order valence-electron chi connectivity index (χ3n) is 5.58. The Morgan fingerprint density at radius 2 is 1.91 bits per heavy atom. The van der Waals surface area contributed by atoms with Crippen molar-refractivity contribution in [3.8, 4) is 0 Å². The number of hydrogen-bond donors (Lipinski definition) is 4. The summed E-state index contributed by atoms with van der Waals surface area (Å²) >= 11 is 0. The van der Waals surface area contributed by atoms with Gasteiger partial charge in [0.25, 0.3) is 0 Å². The van der Waals surface area contributed by atoms with Gasteiger partial charge >= 0.3 is 11.8 Å². The van der Waals surface area contributed by atoms with Gasteiger partial charge in [-0.1, -0.05) is 19.8 Å². The molecule has 1 aromatic heterocycles. The van der Waals surface area contributed by atoms with Crippen molar-refractivity contribution in [2.75, 3.05) is 11.9 Å². The highest BCUT2D eigenvalue weighted by Gasteiger charge is 2.49. The van der Waals surface area contributed by atoms with Gasteiger partial charge in [0.1, 0.15) is 24.4 Å². The van der Waals surface area contributed by atoms with E-state index >= 15 is 0 Å². The molecule has 186 valence electrons. The molecule has 0 saturated carbocycles. The summed E-state index contributed by atoms with van der Waals surface area (Å²) in [6.07, 6.45) is -6.79. The van der Waals surface area contributed by atoms with Crippen molar-refractivity contribution >= 4 is 11.9 Å². The van der Waals surface area contributed by atoms with Crippen LogP contribution in [0.3, 0.4) is 0 Å². The summed E-state index contributed by atoms with van der Waals surface area (Å²) in [5, 5.41) is 32.6. The minimum absolute atomic E-state index is 0.148. The van der Waals surface area contributed by atoms with Crippen molar-refractivity contribution in [1.29, 1.82) is 0 Å². The second-order valence-corrected chi connectivity index (χ2v) is 8.11. The Morgan fingerprint density at radius 3 is 2.55 bits per heavy atom. The molecule has 0 spiro atoms. The van der Waals surface area contributed by atoms with E-state index in [9.17, 15) is 29.3 Å². The number of halogens is 1. The first kappa shape index (κ1) is 25.5. The van der Waals surface area contributed by atoms with Crippen LogP contribution in [0.25, 0.3) is 0 Å². The molecule has 2 fully saturated rings. The molecule has 0 bridgehead atoms. The lowest BCUT2D eigenvalue weighted by Gasteiger charge is -2.24. The van der Waals surface area contributed by atoms with E-state index in [1.54, 1.807) is 13.8 Å². The van der Waals surface area contributed by atoms with Crippen molar-refractivity contribution in [2.45, 2.75) is 89.2 Å². The van der Waals surface area contributed by atoms with Gasteiger partial charge in [-0.2, -0.15) is 4.98 Å². The molecule has 3 rings (SSSR count). The summed E-state index contributed by atoms with van der Waals surface area (Å²) in [5.41, 5.74) is -0.990. The highest BCUT2D eigenvalue weighted by Crippen LogP contribution is 2.33. The quantitative estimate of drug-likeness (QED) is 0.384. The Labute approximate surface area is 189 Å². The highest BCUT2D eigenvalue weighted by molar-refractivity contribution is 5.83. The maximum Gasteiger partial charge on any atom is 0.412 e. The first-order valence-corrected chi connectivity index (χ1v) is 10.9. The topological polar surface area (TPSA) is 162 Å². The van der Waals surface area contributed by atoms with E-state index in [1.807, 2.05) is 6.92 Å². The van der Waals surface area contributed by atoms with Crippen LogP contribution in [0.1, 0.15) is 46.3 Å². The molecular formula is C20H30FN3O9. The molecule has 13 heteroatoms. The van der Waals surface area contributed by atoms with E-state index < -0.39 is 72.6 Å². The molecule has 0 aromatic carbocycles. The standard InChI is InChI=1S/C20H30FN3O9/c1-4-5-6-7-30-20(29)23-16-11(21)8-24(19(28)22-16)17-14(27)15(10(3)31-17)33-18-13(26)12(25)9(2)32-18/h8-10,12-15,17-18,25-27H,4-7H2,1-3H3,(H,22,23,28,29)/t9-,10-,12+,13+,14+,15+,17-,18-/m1/s1. The molecule has 1 amide bonds. The lowest BCUT2D eigenvalue weighted by molar-refractivity contribution is -0.207. The second-order valence-electron chi connectivity index (χ2n) is 8.11. The van der Waals surface area contributed by atoms with Crippen molar-refractivity contribution in [2.24, 2.45) is 0 Å². The first-order valence-electron chi connectivity index (χ1n) is 10.9. The average Bonchev–Trinajstić information content (AvgIpc) is 3.18. The summed E-state index contributed by atoms with van der Waals surface area (Å²) < 4.78 is 36.7. The van der Waals surface area contributed by atoms with E-state index in [0.717, 1.165) is 23.6 Å². The lowest BCUT2D eigenvalue weighted by Crippen LogP contribution is -2.42. The maximum absolute atomic E-state index is 14.5. The van der Waals surface area contributed by atoms with Crippen molar-refractivity contribution in [3.63, 3.8) is 0 Å². The van der Waals surface area contributed by atoms with Crippen LogP contribution >= 0.6 is 0 Å². The smallest absolute Gasteiger partial charge is 0.412 e. The molecule has 0 unspecified atom stereocenters. The predicted molar refractivity (Wildman–Crippen MR) is 110 cm³/mol. The number of ether oxygens (including phenoxy) is 4. The molecule has 2 aliphatic rings. The van der Waals surface area contributed by atoms with Crippen LogP contribution in [0.15, 0.2) is 11.0 Å². The first-order chi connectivity index (χ1) is 15.6. The molecule has 1 aromatic rings. The number of anilines is 1. The molecule has 2 aliphatic heterocycles.